The summed E-state index contributed by atoms with van der Waals surface area (Å²) < 4.78 is 0. The molecular formula is C17H26. The first-order valence-corrected chi connectivity index (χ1v) is 6.55. The van der Waals surface area contributed by atoms with Gasteiger partial charge in [-0.2, -0.15) is 0 Å². The minimum absolute atomic E-state index is 1.13. The van der Waals surface area contributed by atoms with Gasteiger partial charge in [-0.15, -0.1) is 0 Å². The Balaban J connectivity index is 0.00000121. The van der Waals surface area contributed by atoms with Crippen molar-refractivity contribution in [3.8, 4) is 0 Å². The fourth-order valence-electron chi connectivity index (χ4n) is 1.41. The lowest BCUT2D eigenvalue weighted by atomic mass is 10.0. The van der Waals surface area contributed by atoms with E-state index in [2.05, 4.69) is 64.1 Å². The average molecular weight is 230 g/mol. The Morgan fingerprint density at radius 3 is 2.24 bits per heavy atom. The fraction of sp³-hybridized carbons (Fsp3) is 0.412. The Bertz CT molecular complexity index is 381. The van der Waals surface area contributed by atoms with Crippen molar-refractivity contribution < 1.29 is 0 Å². The summed E-state index contributed by atoms with van der Waals surface area (Å²) in [7, 11) is 0. The standard InChI is InChI=1S/C15H20.C2H6/c1-5-12(2)13(3)10-11-15-9-7-6-8-14(15)4;1-2/h6-11H,5H2,1-4H3;1-2H3/b11-10-,13-12?;. The molecule has 17 heavy (non-hydrogen) atoms. The quantitative estimate of drug-likeness (QED) is 0.577. The molecule has 0 fully saturated rings. The van der Waals surface area contributed by atoms with Crippen molar-refractivity contribution in [3.05, 3.63) is 52.6 Å². The lowest BCUT2D eigenvalue weighted by molar-refractivity contribution is 1.07. The molecular weight excluding hydrogens is 204 g/mol. The third-order valence-electron chi connectivity index (χ3n) is 2.90. The molecule has 0 atom stereocenters. The molecule has 1 aromatic carbocycles. The Morgan fingerprint density at radius 2 is 1.71 bits per heavy atom. The number of aryl methyl sites for hydroxylation is 1. The van der Waals surface area contributed by atoms with Crippen LogP contribution in [0.2, 0.25) is 0 Å². The number of benzene rings is 1. The lowest BCUT2D eigenvalue weighted by Gasteiger charge is -2.01. The molecule has 1 aromatic rings. The number of hydrogen-bond acceptors (Lipinski definition) is 0. The van der Waals surface area contributed by atoms with E-state index >= 15 is 0 Å². The number of allylic oxidation sites excluding steroid dienone is 3. The van der Waals surface area contributed by atoms with Gasteiger partial charge in [-0.3, -0.25) is 0 Å². The Kier molecular flexibility index (Phi) is 8.13. The van der Waals surface area contributed by atoms with Gasteiger partial charge >= 0.3 is 0 Å². The second kappa shape index (κ2) is 8.81. The predicted octanol–water partition coefficient (Wildman–Crippen LogP) is 5.78. The summed E-state index contributed by atoms with van der Waals surface area (Å²) in [5, 5.41) is 0. The van der Waals surface area contributed by atoms with E-state index in [0.717, 1.165) is 6.42 Å². The van der Waals surface area contributed by atoms with E-state index in [4.69, 9.17) is 0 Å². The Labute approximate surface area is 107 Å². The SMILES string of the molecule is CC.CCC(C)=C(C)/C=C\c1ccccc1C. The molecule has 0 aliphatic heterocycles. The lowest BCUT2D eigenvalue weighted by Crippen LogP contribution is -1.80. The van der Waals surface area contributed by atoms with Crippen LogP contribution in [0.1, 0.15) is 52.2 Å². The molecule has 0 heteroatoms. The molecule has 0 radical (unpaired) electrons. The molecule has 0 heterocycles. The van der Waals surface area contributed by atoms with Crippen molar-refractivity contribution in [2.24, 2.45) is 0 Å². The zero-order valence-corrected chi connectivity index (χ0v) is 12.2. The van der Waals surface area contributed by atoms with Gasteiger partial charge in [0.1, 0.15) is 0 Å². The maximum atomic E-state index is 2.21. The van der Waals surface area contributed by atoms with Crippen LogP contribution in [0.15, 0.2) is 41.5 Å². The molecule has 94 valence electrons. The summed E-state index contributed by atoms with van der Waals surface area (Å²) in [6.07, 6.45) is 5.54. The van der Waals surface area contributed by atoms with Gasteiger partial charge in [0.2, 0.25) is 0 Å². The van der Waals surface area contributed by atoms with E-state index in [1.165, 1.54) is 22.3 Å². The summed E-state index contributed by atoms with van der Waals surface area (Å²) in [4.78, 5) is 0. The molecule has 0 saturated heterocycles. The van der Waals surface area contributed by atoms with Gasteiger partial charge in [-0.1, -0.05) is 68.3 Å². The maximum Gasteiger partial charge on any atom is -0.0227 e. The minimum Gasteiger partial charge on any atom is -0.0707 e. The smallest absolute Gasteiger partial charge is 0.0227 e. The molecule has 0 spiro atoms. The van der Waals surface area contributed by atoms with Crippen molar-refractivity contribution in [2.75, 3.05) is 0 Å². The molecule has 0 aliphatic carbocycles. The zero-order chi connectivity index (χ0) is 13.3. The molecule has 1 rings (SSSR count). The summed E-state index contributed by atoms with van der Waals surface area (Å²) in [6.45, 7) is 12.7. The number of rotatable bonds is 3. The van der Waals surface area contributed by atoms with Gasteiger partial charge in [0, 0.05) is 0 Å². The highest BCUT2D eigenvalue weighted by molar-refractivity contribution is 5.56. The summed E-state index contributed by atoms with van der Waals surface area (Å²) in [6, 6.07) is 8.46. The van der Waals surface area contributed by atoms with E-state index in [1.807, 2.05) is 13.8 Å². The minimum atomic E-state index is 1.13. The van der Waals surface area contributed by atoms with Crippen LogP contribution in [-0.4, -0.2) is 0 Å². The van der Waals surface area contributed by atoms with Gasteiger partial charge in [0.15, 0.2) is 0 Å². The monoisotopic (exact) mass is 230 g/mol. The first-order chi connectivity index (χ1) is 8.15. The molecule has 0 aromatic heterocycles. The third-order valence-corrected chi connectivity index (χ3v) is 2.90. The van der Waals surface area contributed by atoms with E-state index in [9.17, 15) is 0 Å². The van der Waals surface area contributed by atoms with Gasteiger partial charge < -0.3 is 0 Å². The molecule has 0 amide bonds. The predicted molar refractivity (Wildman–Crippen MR) is 80.2 cm³/mol. The summed E-state index contributed by atoms with van der Waals surface area (Å²) in [5.41, 5.74) is 5.47. The number of hydrogen-bond donors (Lipinski definition) is 0. The van der Waals surface area contributed by atoms with Gasteiger partial charge in [-0.25, -0.2) is 0 Å². The summed E-state index contributed by atoms with van der Waals surface area (Å²) >= 11 is 0. The van der Waals surface area contributed by atoms with Crippen LogP contribution in [0.4, 0.5) is 0 Å². The van der Waals surface area contributed by atoms with Gasteiger partial charge in [0.05, 0.1) is 0 Å². The molecule has 0 aliphatic rings. The second-order valence-corrected chi connectivity index (χ2v) is 4.01. The van der Waals surface area contributed by atoms with Crippen molar-refractivity contribution in [1.82, 2.24) is 0 Å². The third kappa shape index (κ3) is 5.53. The van der Waals surface area contributed by atoms with Crippen LogP contribution < -0.4 is 0 Å². The van der Waals surface area contributed by atoms with Crippen LogP contribution in [0, 0.1) is 6.92 Å². The van der Waals surface area contributed by atoms with E-state index in [0.29, 0.717) is 0 Å². The van der Waals surface area contributed by atoms with Crippen molar-refractivity contribution in [2.45, 2.75) is 48.0 Å². The van der Waals surface area contributed by atoms with E-state index < -0.39 is 0 Å². The molecule has 0 saturated carbocycles. The molecule has 0 N–H and O–H groups in total. The molecule has 0 bridgehead atoms. The Morgan fingerprint density at radius 1 is 1.12 bits per heavy atom. The zero-order valence-electron chi connectivity index (χ0n) is 12.2. The largest absolute Gasteiger partial charge is 0.0707 e. The highest BCUT2D eigenvalue weighted by Crippen LogP contribution is 2.13. The topological polar surface area (TPSA) is 0 Å². The van der Waals surface area contributed by atoms with Gasteiger partial charge in [-0.05, 0) is 38.3 Å². The first-order valence-electron chi connectivity index (χ1n) is 6.55. The first kappa shape index (κ1) is 15.7. The van der Waals surface area contributed by atoms with Crippen molar-refractivity contribution >= 4 is 6.08 Å². The van der Waals surface area contributed by atoms with Gasteiger partial charge in [0.25, 0.3) is 0 Å². The van der Waals surface area contributed by atoms with E-state index in [-0.39, 0.29) is 0 Å². The molecule has 0 nitrogen and oxygen atoms in total. The Hall–Kier alpha value is -1.30. The highest BCUT2D eigenvalue weighted by atomic mass is 14.0. The van der Waals surface area contributed by atoms with Crippen LogP contribution >= 0.6 is 0 Å². The van der Waals surface area contributed by atoms with Crippen molar-refractivity contribution in [1.29, 1.82) is 0 Å². The van der Waals surface area contributed by atoms with E-state index in [1.54, 1.807) is 0 Å². The second-order valence-electron chi connectivity index (χ2n) is 4.01. The highest BCUT2D eigenvalue weighted by Gasteiger charge is 1.92. The van der Waals surface area contributed by atoms with Crippen LogP contribution in [0.5, 0.6) is 0 Å². The van der Waals surface area contributed by atoms with Crippen LogP contribution in [0.3, 0.4) is 0 Å². The van der Waals surface area contributed by atoms with Crippen molar-refractivity contribution in [3.63, 3.8) is 0 Å². The van der Waals surface area contributed by atoms with Crippen LogP contribution in [-0.2, 0) is 0 Å². The summed E-state index contributed by atoms with van der Waals surface area (Å²) in [5.74, 6) is 0. The molecule has 0 unspecified atom stereocenters. The fourth-order valence-corrected chi connectivity index (χ4v) is 1.41. The maximum absolute atomic E-state index is 2.21. The normalized spacial score (nSPS) is 11.9. The van der Waals surface area contributed by atoms with Crippen LogP contribution in [0.25, 0.3) is 6.08 Å². The average Bonchev–Trinajstić information content (AvgIpc) is 2.38.